The number of amides is 1. The number of rotatable bonds is 1. The lowest BCUT2D eigenvalue weighted by Gasteiger charge is -2.22. The molecule has 2 atom stereocenters. The maximum absolute atomic E-state index is 12.5. The van der Waals surface area contributed by atoms with Gasteiger partial charge in [0.1, 0.15) is 0 Å². The van der Waals surface area contributed by atoms with Crippen LogP contribution < -0.4 is 0 Å². The van der Waals surface area contributed by atoms with E-state index in [-0.39, 0.29) is 5.91 Å². The molecule has 96 valence electrons. The first-order chi connectivity index (χ1) is 8.75. The Balaban J connectivity index is 1.76. The molecule has 3 rings (SSSR count). The van der Waals surface area contributed by atoms with Crippen LogP contribution in [0.2, 0.25) is 0 Å². The summed E-state index contributed by atoms with van der Waals surface area (Å²) in [4.78, 5) is 14.6. The molecule has 2 unspecified atom stereocenters. The van der Waals surface area contributed by atoms with E-state index in [2.05, 4.69) is 20.8 Å². The minimum atomic E-state index is 0.192. The summed E-state index contributed by atoms with van der Waals surface area (Å²) in [7, 11) is 0. The molecule has 2 nitrogen and oxygen atoms in total. The second-order valence-electron chi connectivity index (χ2n) is 5.49. The summed E-state index contributed by atoms with van der Waals surface area (Å²) < 4.78 is 0.907. The van der Waals surface area contributed by atoms with E-state index in [0.717, 1.165) is 35.0 Å². The normalized spacial score (nSPS) is 27.1. The van der Waals surface area contributed by atoms with Crippen LogP contribution in [0.3, 0.4) is 0 Å². The first kappa shape index (κ1) is 12.2. The predicted molar refractivity (Wildman–Crippen MR) is 75.5 cm³/mol. The average molecular weight is 308 g/mol. The smallest absolute Gasteiger partial charge is 0.255 e. The second-order valence-corrected chi connectivity index (χ2v) is 6.35. The Hall–Kier alpha value is -0.830. The van der Waals surface area contributed by atoms with Crippen molar-refractivity contribution >= 4 is 21.8 Å². The molecule has 0 bridgehead atoms. The van der Waals surface area contributed by atoms with Gasteiger partial charge in [-0.05, 0) is 52.7 Å². The highest BCUT2D eigenvalue weighted by Gasteiger charge is 2.36. The highest BCUT2D eigenvalue weighted by atomic mass is 79.9. The number of hydrogen-bond acceptors (Lipinski definition) is 1. The van der Waals surface area contributed by atoms with Gasteiger partial charge < -0.3 is 4.90 Å². The number of benzene rings is 1. The van der Waals surface area contributed by atoms with E-state index in [1.807, 2.05) is 24.3 Å². The molecule has 3 heteroatoms. The molecule has 1 amide bonds. The lowest BCUT2D eigenvalue weighted by atomic mass is 9.82. The zero-order chi connectivity index (χ0) is 12.5. The van der Waals surface area contributed by atoms with Crippen molar-refractivity contribution in [3.8, 4) is 0 Å². The quantitative estimate of drug-likeness (QED) is 0.774. The second kappa shape index (κ2) is 5.04. The lowest BCUT2D eigenvalue weighted by molar-refractivity contribution is 0.0783. The van der Waals surface area contributed by atoms with Crippen LogP contribution in [0.15, 0.2) is 28.7 Å². The van der Waals surface area contributed by atoms with E-state index < -0.39 is 0 Å². The van der Waals surface area contributed by atoms with Crippen LogP contribution >= 0.6 is 15.9 Å². The zero-order valence-electron chi connectivity index (χ0n) is 10.4. The van der Waals surface area contributed by atoms with E-state index in [1.54, 1.807) is 0 Å². The summed E-state index contributed by atoms with van der Waals surface area (Å²) in [5, 5.41) is 0. The van der Waals surface area contributed by atoms with Crippen molar-refractivity contribution in [3.63, 3.8) is 0 Å². The van der Waals surface area contributed by atoms with Gasteiger partial charge >= 0.3 is 0 Å². The summed E-state index contributed by atoms with van der Waals surface area (Å²) in [6.07, 6.45) is 5.31. The van der Waals surface area contributed by atoms with Gasteiger partial charge in [0.15, 0.2) is 0 Å². The van der Waals surface area contributed by atoms with Crippen molar-refractivity contribution in [2.24, 2.45) is 11.8 Å². The Morgan fingerprint density at radius 2 is 1.72 bits per heavy atom. The van der Waals surface area contributed by atoms with Gasteiger partial charge in [-0.25, -0.2) is 0 Å². The Bertz CT molecular complexity index is 446. The zero-order valence-corrected chi connectivity index (χ0v) is 12.0. The number of hydrogen-bond donors (Lipinski definition) is 0. The fourth-order valence-corrected chi connectivity index (χ4v) is 3.83. The maximum atomic E-state index is 12.5. The number of likely N-dealkylation sites (tertiary alicyclic amines) is 1. The Labute approximate surface area is 116 Å². The third kappa shape index (κ3) is 2.20. The predicted octanol–water partition coefficient (Wildman–Crippen LogP) is 3.71. The van der Waals surface area contributed by atoms with Gasteiger partial charge in [0.2, 0.25) is 0 Å². The summed E-state index contributed by atoms with van der Waals surface area (Å²) >= 11 is 3.47. The van der Waals surface area contributed by atoms with E-state index in [1.165, 1.54) is 25.7 Å². The van der Waals surface area contributed by atoms with Gasteiger partial charge in [0, 0.05) is 17.6 Å². The minimum absolute atomic E-state index is 0.192. The van der Waals surface area contributed by atoms with Gasteiger partial charge in [-0.1, -0.05) is 25.0 Å². The Morgan fingerprint density at radius 1 is 1.11 bits per heavy atom. The highest BCUT2D eigenvalue weighted by Crippen LogP contribution is 2.36. The van der Waals surface area contributed by atoms with E-state index in [0.29, 0.717) is 0 Å². The molecule has 1 saturated heterocycles. The third-order valence-electron chi connectivity index (χ3n) is 4.37. The van der Waals surface area contributed by atoms with Crippen LogP contribution in [-0.2, 0) is 0 Å². The Morgan fingerprint density at radius 3 is 2.33 bits per heavy atom. The van der Waals surface area contributed by atoms with Crippen molar-refractivity contribution in [1.82, 2.24) is 4.90 Å². The molecule has 18 heavy (non-hydrogen) atoms. The van der Waals surface area contributed by atoms with Gasteiger partial charge in [-0.2, -0.15) is 0 Å². The van der Waals surface area contributed by atoms with Crippen molar-refractivity contribution in [3.05, 3.63) is 34.3 Å². The van der Waals surface area contributed by atoms with Gasteiger partial charge in [-0.15, -0.1) is 0 Å². The molecule has 1 aromatic rings. The molecule has 1 aromatic carbocycles. The van der Waals surface area contributed by atoms with Crippen LogP contribution in [0.4, 0.5) is 0 Å². The molecular formula is C15H18BrNO. The summed E-state index contributed by atoms with van der Waals surface area (Å²) in [6, 6.07) is 7.73. The molecule has 0 spiro atoms. The summed E-state index contributed by atoms with van der Waals surface area (Å²) in [6.45, 7) is 1.93. The number of carbonyl (C=O) groups excluding carboxylic acids is 1. The number of halogens is 1. The van der Waals surface area contributed by atoms with Gasteiger partial charge in [-0.3, -0.25) is 4.79 Å². The van der Waals surface area contributed by atoms with Crippen LogP contribution in [0.1, 0.15) is 36.0 Å². The van der Waals surface area contributed by atoms with Crippen molar-refractivity contribution in [1.29, 1.82) is 0 Å². The number of fused-ring (bicyclic) bond motifs is 1. The molecule has 0 radical (unpaired) electrons. The third-order valence-corrected chi connectivity index (χ3v) is 5.06. The summed E-state index contributed by atoms with van der Waals surface area (Å²) in [5.41, 5.74) is 0.802. The molecule has 0 N–H and O–H groups in total. The minimum Gasteiger partial charge on any atom is -0.338 e. The largest absolute Gasteiger partial charge is 0.338 e. The fraction of sp³-hybridized carbons (Fsp3) is 0.533. The van der Waals surface area contributed by atoms with Crippen molar-refractivity contribution in [2.45, 2.75) is 25.7 Å². The van der Waals surface area contributed by atoms with Gasteiger partial charge in [0.25, 0.3) is 5.91 Å². The standard InChI is InChI=1S/C15H18BrNO/c16-14-8-4-3-7-13(14)15(18)17-9-11-5-1-2-6-12(11)10-17/h3-4,7-8,11-12H,1-2,5-6,9-10H2. The topological polar surface area (TPSA) is 20.3 Å². The SMILES string of the molecule is O=C(c1ccccc1Br)N1CC2CCCCC2C1. The molecule has 2 aliphatic rings. The molecule has 1 aliphatic carbocycles. The van der Waals surface area contributed by atoms with Crippen LogP contribution in [0.25, 0.3) is 0 Å². The van der Waals surface area contributed by atoms with Crippen molar-refractivity contribution in [2.75, 3.05) is 13.1 Å². The first-order valence-corrected chi connectivity index (χ1v) is 7.59. The van der Waals surface area contributed by atoms with Gasteiger partial charge in [0.05, 0.1) is 5.56 Å². The van der Waals surface area contributed by atoms with E-state index in [4.69, 9.17) is 0 Å². The fourth-order valence-electron chi connectivity index (χ4n) is 3.38. The van der Waals surface area contributed by atoms with E-state index in [9.17, 15) is 4.79 Å². The number of nitrogens with zero attached hydrogens (tertiary/aromatic N) is 1. The van der Waals surface area contributed by atoms with Crippen molar-refractivity contribution < 1.29 is 4.79 Å². The van der Waals surface area contributed by atoms with E-state index >= 15 is 0 Å². The average Bonchev–Trinajstić information content (AvgIpc) is 2.82. The molecule has 1 heterocycles. The molecule has 1 aliphatic heterocycles. The number of carbonyl (C=O) groups is 1. The van der Waals surface area contributed by atoms with Crippen LogP contribution in [0.5, 0.6) is 0 Å². The highest BCUT2D eigenvalue weighted by molar-refractivity contribution is 9.10. The molecular weight excluding hydrogens is 290 g/mol. The maximum Gasteiger partial charge on any atom is 0.255 e. The van der Waals surface area contributed by atoms with Crippen LogP contribution in [-0.4, -0.2) is 23.9 Å². The summed E-state index contributed by atoms with van der Waals surface area (Å²) in [5.74, 6) is 1.70. The molecule has 2 fully saturated rings. The van der Waals surface area contributed by atoms with Crippen LogP contribution in [0, 0.1) is 11.8 Å². The lowest BCUT2D eigenvalue weighted by Crippen LogP contribution is -2.29. The molecule has 0 aromatic heterocycles. The monoisotopic (exact) mass is 307 g/mol. The molecule has 1 saturated carbocycles. The first-order valence-electron chi connectivity index (χ1n) is 6.79. The Kier molecular flexibility index (Phi) is 3.42.